The first-order valence-electron chi connectivity index (χ1n) is 2.66. The van der Waals surface area contributed by atoms with E-state index in [4.69, 9.17) is 0 Å². The highest BCUT2D eigenvalue weighted by molar-refractivity contribution is 7.09. The molecule has 0 rings (SSSR count). The van der Waals surface area contributed by atoms with Crippen LogP contribution in [0.4, 0.5) is 0 Å². The van der Waals surface area contributed by atoms with Crippen LogP contribution >= 0.6 is 9.47 Å². The molecule has 1 unspecified atom stereocenters. The summed E-state index contributed by atoms with van der Waals surface area (Å²) in [5.41, 5.74) is 0. The molecule has 0 spiro atoms. The molecule has 4 heteroatoms. The average Bonchev–Trinajstić information content (AvgIpc) is 1.82. The first kappa shape index (κ1) is 8.86. The van der Waals surface area contributed by atoms with Crippen LogP contribution in [0.1, 0.15) is 13.8 Å². The van der Waals surface area contributed by atoms with E-state index in [1.165, 1.54) is 0 Å². The minimum atomic E-state index is -0.238. The Morgan fingerprint density at radius 3 is 2.56 bits per heavy atom. The van der Waals surface area contributed by atoms with Crippen molar-refractivity contribution in [3.05, 3.63) is 0 Å². The van der Waals surface area contributed by atoms with Crippen LogP contribution < -0.4 is 0 Å². The molecule has 0 fully saturated rings. The van der Waals surface area contributed by atoms with E-state index in [1.807, 2.05) is 9.47 Å². The molecule has 3 nitrogen and oxygen atoms in total. The summed E-state index contributed by atoms with van der Waals surface area (Å²) in [6.07, 6.45) is 0. The SMILES string of the molecule is CC(C)C(=O)OCOP. The summed E-state index contributed by atoms with van der Waals surface area (Å²) in [5.74, 6) is -0.317. The zero-order valence-corrected chi connectivity index (χ0v) is 6.74. The van der Waals surface area contributed by atoms with E-state index < -0.39 is 0 Å². The molecule has 1 atom stereocenters. The summed E-state index contributed by atoms with van der Waals surface area (Å²) in [4.78, 5) is 10.6. The Morgan fingerprint density at radius 2 is 2.22 bits per heavy atom. The third-order valence-corrected chi connectivity index (χ3v) is 0.877. The fourth-order valence-electron chi connectivity index (χ4n) is 0.259. The summed E-state index contributed by atoms with van der Waals surface area (Å²) in [7, 11) is 2.00. The number of carbonyl (C=O) groups is 1. The van der Waals surface area contributed by atoms with Gasteiger partial charge in [0.15, 0.2) is 6.79 Å². The van der Waals surface area contributed by atoms with Crippen molar-refractivity contribution < 1.29 is 14.1 Å². The van der Waals surface area contributed by atoms with Gasteiger partial charge in [0.25, 0.3) is 0 Å². The summed E-state index contributed by atoms with van der Waals surface area (Å²) < 4.78 is 9.01. The van der Waals surface area contributed by atoms with Gasteiger partial charge in [-0.25, -0.2) is 0 Å². The van der Waals surface area contributed by atoms with Crippen LogP contribution in [0.2, 0.25) is 0 Å². The van der Waals surface area contributed by atoms with Gasteiger partial charge in [-0.05, 0) is 0 Å². The van der Waals surface area contributed by atoms with Crippen LogP contribution in [0, 0.1) is 5.92 Å². The molecule has 0 bridgehead atoms. The second kappa shape index (κ2) is 4.71. The van der Waals surface area contributed by atoms with Gasteiger partial charge >= 0.3 is 5.97 Å². The van der Waals surface area contributed by atoms with E-state index in [2.05, 4.69) is 9.26 Å². The third-order valence-electron chi connectivity index (χ3n) is 0.741. The van der Waals surface area contributed by atoms with Gasteiger partial charge in [0.2, 0.25) is 0 Å². The van der Waals surface area contributed by atoms with E-state index in [9.17, 15) is 4.79 Å². The Kier molecular flexibility index (Phi) is 4.64. The summed E-state index contributed by atoms with van der Waals surface area (Å²) in [5, 5.41) is 0. The fourth-order valence-corrected chi connectivity index (χ4v) is 0.327. The molecule has 0 aliphatic rings. The van der Waals surface area contributed by atoms with Crippen molar-refractivity contribution in [1.29, 1.82) is 0 Å². The number of hydrogen-bond donors (Lipinski definition) is 0. The monoisotopic (exact) mass is 150 g/mol. The summed E-state index contributed by atoms with van der Waals surface area (Å²) in [6, 6.07) is 0. The zero-order valence-electron chi connectivity index (χ0n) is 5.59. The van der Waals surface area contributed by atoms with Gasteiger partial charge in [0.05, 0.1) is 5.92 Å². The number of rotatable bonds is 3. The summed E-state index contributed by atoms with van der Waals surface area (Å²) >= 11 is 0. The number of hydrogen-bond acceptors (Lipinski definition) is 3. The minimum absolute atomic E-state index is 0.0156. The molecule has 0 aliphatic carbocycles. The predicted molar refractivity (Wildman–Crippen MR) is 36.6 cm³/mol. The second-order valence-corrected chi connectivity index (χ2v) is 2.24. The lowest BCUT2D eigenvalue weighted by Gasteiger charge is -2.03. The predicted octanol–water partition coefficient (Wildman–Crippen LogP) is 0.950. The molecule has 0 heterocycles. The quantitative estimate of drug-likeness (QED) is 0.341. The van der Waals surface area contributed by atoms with Crippen molar-refractivity contribution in [2.75, 3.05) is 6.79 Å². The van der Waals surface area contributed by atoms with Crippen molar-refractivity contribution >= 4 is 15.4 Å². The molecular weight excluding hydrogens is 139 g/mol. The lowest BCUT2D eigenvalue weighted by Crippen LogP contribution is -2.12. The van der Waals surface area contributed by atoms with Crippen LogP contribution in [0.15, 0.2) is 0 Å². The van der Waals surface area contributed by atoms with E-state index in [-0.39, 0.29) is 18.7 Å². The standard InChI is InChI=1S/C5H11O3P/c1-4(2)5(6)7-3-8-9/h4H,3,9H2,1-2H3. The van der Waals surface area contributed by atoms with Gasteiger partial charge in [-0.1, -0.05) is 13.8 Å². The zero-order chi connectivity index (χ0) is 7.28. The van der Waals surface area contributed by atoms with Gasteiger partial charge in [0, 0.05) is 9.47 Å². The minimum Gasteiger partial charge on any atom is -0.438 e. The Balaban J connectivity index is 3.28. The molecule has 0 aromatic heterocycles. The van der Waals surface area contributed by atoms with Gasteiger partial charge in [-0.3, -0.25) is 4.79 Å². The molecule has 0 amide bonds. The maximum absolute atomic E-state index is 10.6. The first-order valence-corrected chi connectivity index (χ1v) is 3.14. The molecular formula is C5H11O3P. The molecule has 0 saturated carbocycles. The number of esters is 1. The van der Waals surface area contributed by atoms with Crippen LogP contribution in [0.5, 0.6) is 0 Å². The van der Waals surface area contributed by atoms with E-state index >= 15 is 0 Å². The number of ether oxygens (including phenoxy) is 1. The molecule has 0 radical (unpaired) electrons. The Labute approximate surface area is 57.0 Å². The van der Waals surface area contributed by atoms with E-state index in [0.717, 1.165) is 0 Å². The highest BCUT2D eigenvalue weighted by atomic mass is 31.0. The third kappa shape index (κ3) is 4.37. The highest BCUT2D eigenvalue weighted by Gasteiger charge is 2.06. The van der Waals surface area contributed by atoms with Crippen LogP contribution in [0.3, 0.4) is 0 Å². The lowest BCUT2D eigenvalue weighted by atomic mass is 10.2. The molecule has 54 valence electrons. The molecule has 0 aromatic rings. The van der Waals surface area contributed by atoms with Gasteiger partial charge < -0.3 is 9.26 Å². The van der Waals surface area contributed by atoms with Crippen molar-refractivity contribution in [3.63, 3.8) is 0 Å². The van der Waals surface area contributed by atoms with Gasteiger partial charge in [0.1, 0.15) is 0 Å². The van der Waals surface area contributed by atoms with Gasteiger partial charge in [-0.15, -0.1) is 0 Å². The van der Waals surface area contributed by atoms with Gasteiger partial charge in [-0.2, -0.15) is 0 Å². The van der Waals surface area contributed by atoms with Crippen molar-refractivity contribution in [2.45, 2.75) is 13.8 Å². The van der Waals surface area contributed by atoms with Crippen molar-refractivity contribution in [2.24, 2.45) is 5.92 Å². The summed E-state index contributed by atoms with van der Waals surface area (Å²) in [6.45, 7) is 3.55. The normalized spacial score (nSPS) is 9.78. The largest absolute Gasteiger partial charge is 0.438 e. The smallest absolute Gasteiger partial charge is 0.310 e. The highest BCUT2D eigenvalue weighted by Crippen LogP contribution is 1.96. The second-order valence-electron chi connectivity index (χ2n) is 1.90. The van der Waals surface area contributed by atoms with Crippen LogP contribution in [0.25, 0.3) is 0 Å². The molecule has 0 aliphatic heterocycles. The topological polar surface area (TPSA) is 35.5 Å². The van der Waals surface area contributed by atoms with E-state index in [0.29, 0.717) is 0 Å². The Morgan fingerprint density at radius 1 is 1.67 bits per heavy atom. The van der Waals surface area contributed by atoms with Crippen molar-refractivity contribution in [3.8, 4) is 0 Å². The maximum Gasteiger partial charge on any atom is 0.310 e. The maximum atomic E-state index is 10.6. The first-order chi connectivity index (χ1) is 4.18. The number of carbonyl (C=O) groups excluding carboxylic acids is 1. The Bertz CT molecular complexity index is 92.2. The Hall–Kier alpha value is -0.140. The molecule has 9 heavy (non-hydrogen) atoms. The van der Waals surface area contributed by atoms with Crippen molar-refractivity contribution in [1.82, 2.24) is 0 Å². The lowest BCUT2D eigenvalue weighted by molar-refractivity contribution is -0.153. The molecule has 0 saturated heterocycles. The fraction of sp³-hybridized carbons (Fsp3) is 0.800. The molecule has 0 N–H and O–H groups in total. The van der Waals surface area contributed by atoms with Crippen LogP contribution in [-0.4, -0.2) is 12.8 Å². The van der Waals surface area contributed by atoms with E-state index in [1.54, 1.807) is 13.8 Å². The van der Waals surface area contributed by atoms with Crippen LogP contribution in [-0.2, 0) is 14.1 Å². The molecule has 0 aromatic carbocycles. The average molecular weight is 150 g/mol.